The number of carbonyl (C=O) groups excluding carboxylic acids is 3. The molecule has 1 amide bonds. The normalized spacial score (nSPS) is 13.8. The van der Waals surface area contributed by atoms with Crippen LogP contribution in [-0.2, 0) is 9.53 Å². The third-order valence-electron chi connectivity index (χ3n) is 5.40. The van der Waals surface area contributed by atoms with E-state index in [1.54, 1.807) is 42.5 Å². The second-order valence-electron chi connectivity index (χ2n) is 7.75. The zero-order chi connectivity index (χ0) is 22.5. The van der Waals surface area contributed by atoms with Crippen LogP contribution in [0.25, 0.3) is 0 Å². The molecular weight excluding hydrogens is 426 g/mol. The number of carbonyl (C=O) groups is 3. The Morgan fingerprint density at radius 2 is 1.50 bits per heavy atom. The lowest BCUT2D eigenvalue weighted by molar-refractivity contribution is -0.125. The van der Waals surface area contributed by atoms with E-state index in [9.17, 15) is 14.4 Å². The molecular formula is C26H22ClNO4. The highest BCUT2D eigenvalue weighted by Crippen LogP contribution is 2.40. The summed E-state index contributed by atoms with van der Waals surface area (Å²) in [6, 6.07) is 22.5. The van der Waals surface area contributed by atoms with Gasteiger partial charge in [0.2, 0.25) is 0 Å². The molecule has 1 aliphatic carbocycles. The molecule has 0 bridgehead atoms. The number of ketones is 1. The minimum absolute atomic E-state index is 0.0961. The van der Waals surface area contributed by atoms with Crippen LogP contribution in [0.2, 0.25) is 5.02 Å². The summed E-state index contributed by atoms with van der Waals surface area (Å²) in [6.07, 6.45) is 2.11. The van der Waals surface area contributed by atoms with Crippen molar-refractivity contribution in [2.24, 2.45) is 5.92 Å². The molecule has 0 radical (unpaired) electrons. The highest BCUT2D eigenvalue weighted by molar-refractivity contribution is 6.30. The highest BCUT2D eigenvalue weighted by Gasteiger charge is 2.33. The molecule has 32 heavy (non-hydrogen) atoms. The summed E-state index contributed by atoms with van der Waals surface area (Å²) in [6.45, 7) is -0.418. The first-order chi connectivity index (χ1) is 15.5. The Morgan fingerprint density at radius 3 is 2.16 bits per heavy atom. The quantitative estimate of drug-likeness (QED) is 0.390. The van der Waals surface area contributed by atoms with Crippen LogP contribution in [0.4, 0.5) is 0 Å². The lowest BCUT2D eigenvalue weighted by atomic mass is 9.98. The molecule has 1 fully saturated rings. The molecule has 0 heterocycles. The van der Waals surface area contributed by atoms with Gasteiger partial charge in [0.15, 0.2) is 12.4 Å². The van der Waals surface area contributed by atoms with E-state index in [1.165, 1.54) is 6.07 Å². The second kappa shape index (κ2) is 9.79. The van der Waals surface area contributed by atoms with Crippen molar-refractivity contribution >= 4 is 29.3 Å². The highest BCUT2D eigenvalue weighted by atomic mass is 35.5. The summed E-state index contributed by atoms with van der Waals surface area (Å²) >= 11 is 5.89. The molecule has 1 aliphatic rings. The van der Waals surface area contributed by atoms with Crippen LogP contribution in [-0.4, -0.2) is 24.3 Å². The molecule has 0 saturated heterocycles. The molecule has 0 aliphatic heterocycles. The smallest absolute Gasteiger partial charge is 0.339 e. The van der Waals surface area contributed by atoms with Crippen molar-refractivity contribution in [3.8, 4) is 0 Å². The Hall–Kier alpha value is -3.44. The fourth-order valence-electron chi connectivity index (χ4n) is 3.60. The van der Waals surface area contributed by atoms with Gasteiger partial charge in [0.05, 0.1) is 11.6 Å². The summed E-state index contributed by atoms with van der Waals surface area (Å²) in [5.41, 5.74) is 1.76. The van der Waals surface area contributed by atoms with Gasteiger partial charge in [-0.25, -0.2) is 4.79 Å². The summed E-state index contributed by atoms with van der Waals surface area (Å²) in [7, 11) is 0. The molecule has 0 aromatic heterocycles. The average molecular weight is 448 g/mol. The van der Waals surface area contributed by atoms with Gasteiger partial charge < -0.3 is 10.1 Å². The van der Waals surface area contributed by atoms with Crippen molar-refractivity contribution in [1.29, 1.82) is 0 Å². The Balaban J connectivity index is 1.41. The largest absolute Gasteiger partial charge is 0.452 e. The lowest BCUT2D eigenvalue weighted by Crippen LogP contribution is -2.33. The predicted octanol–water partition coefficient (Wildman–Crippen LogP) is 5.00. The number of benzene rings is 3. The van der Waals surface area contributed by atoms with E-state index in [0.717, 1.165) is 18.4 Å². The molecule has 0 spiro atoms. The van der Waals surface area contributed by atoms with Gasteiger partial charge in [-0.05, 0) is 54.7 Å². The van der Waals surface area contributed by atoms with Gasteiger partial charge in [0.1, 0.15) is 0 Å². The Labute approximate surface area is 191 Å². The molecule has 1 N–H and O–H groups in total. The molecule has 1 atom stereocenters. The van der Waals surface area contributed by atoms with Gasteiger partial charge in [-0.1, -0.05) is 60.1 Å². The minimum Gasteiger partial charge on any atom is -0.452 e. The zero-order valence-corrected chi connectivity index (χ0v) is 18.0. The van der Waals surface area contributed by atoms with Crippen LogP contribution in [0.5, 0.6) is 0 Å². The number of esters is 1. The number of nitrogens with one attached hydrogen (secondary N) is 1. The van der Waals surface area contributed by atoms with Crippen LogP contribution in [0.15, 0.2) is 78.9 Å². The number of rotatable bonds is 8. The Morgan fingerprint density at radius 1 is 0.875 bits per heavy atom. The first kappa shape index (κ1) is 21.8. The van der Waals surface area contributed by atoms with Gasteiger partial charge in [0, 0.05) is 16.1 Å². The van der Waals surface area contributed by atoms with E-state index in [2.05, 4.69) is 5.32 Å². The van der Waals surface area contributed by atoms with Crippen molar-refractivity contribution in [2.45, 2.75) is 18.9 Å². The van der Waals surface area contributed by atoms with Crippen LogP contribution in [0.1, 0.15) is 50.7 Å². The summed E-state index contributed by atoms with van der Waals surface area (Å²) in [5.74, 6) is -1.02. The van der Waals surface area contributed by atoms with Crippen molar-refractivity contribution < 1.29 is 19.1 Å². The van der Waals surface area contributed by atoms with Gasteiger partial charge in [-0.2, -0.15) is 0 Å². The molecule has 4 rings (SSSR count). The van der Waals surface area contributed by atoms with E-state index in [1.807, 2.05) is 30.3 Å². The molecule has 3 aromatic carbocycles. The number of ether oxygens (including phenoxy) is 1. The molecule has 1 unspecified atom stereocenters. The zero-order valence-electron chi connectivity index (χ0n) is 17.3. The average Bonchev–Trinajstić information content (AvgIpc) is 3.67. The molecule has 3 aromatic rings. The topological polar surface area (TPSA) is 72.5 Å². The van der Waals surface area contributed by atoms with Crippen molar-refractivity contribution in [3.63, 3.8) is 0 Å². The van der Waals surface area contributed by atoms with Crippen LogP contribution in [0.3, 0.4) is 0 Å². The molecule has 5 nitrogen and oxygen atoms in total. The first-order valence-corrected chi connectivity index (χ1v) is 10.8. The number of hydrogen-bond acceptors (Lipinski definition) is 4. The van der Waals surface area contributed by atoms with Gasteiger partial charge in [-0.3, -0.25) is 9.59 Å². The van der Waals surface area contributed by atoms with Crippen LogP contribution >= 0.6 is 11.6 Å². The second-order valence-corrected chi connectivity index (χ2v) is 8.19. The molecule has 1 saturated carbocycles. The SMILES string of the molecule is O=C(COC(=O)c1ccccc1C(=O)c1ccc(Cl)cc1)NC(c1ccccc1)C1CC1. The van der Waals surface area contributed by atoms with E-state index in [0.29, 0.717) is 16.5 Å². The lowest BCUT2D eigenvalue weighted by Gasteiger charge is -2.19. The fourth-order valence-corrected chi connectivity index (χ4v) is 3.73. The summed E-state index contributed by atoms with van der Waals surface area (Å²) < 4.78 is 5.25. The van der Waals surface area contributed by atoms with Crippen LogP contribution < -0.4 is 5.32 Å². The minimum atomic E-state index is -0.722. The Bertz CT molecular complexity index is 1120. The maximum absolute atomic E-state index is 12.9. The molecule has 6 heteroatoms. The van der Waals surface area contributed by atoms with Gasteiger partial charge >= 0.3 is 5.97 Å². The van der Waals surface area contributed by atoms with Crippen molar-refractivity contribution in [2.75, 3.05) is 6.61 Å². The maximum atomic E-state index is 12.9. The first-order valence-electron chi connectivity index (χ1n) is 10.4. The van der Waals surface area contributed by atoms with E-state index < -0.39 is 12.6 Å². The standard InChI is InChI=1S/C26H22ClNO4/c27-20-14-12-19(13-15-20)25(30)21-8-4-5-9-22(21)26(31)32-16-23(29)28-24(18-10-11-18)17-6-2-1-3-7-17/h1-9,12-15,18,24H,10-11,16H2,(H,28,29). The third-order valence-corrected chi connectivity index (χ3v) is 5.65. The van der Waals surface area contributed by atoms with E-state index in [4.69, 9.17) is 16.3 Å². The fraction of sp³-hybridized carbons (Fsp3) is 0.192. The van der Waals surface area contributed by atoms with Crippen molar-refractivity contribution in [1.82, 2.24) is 5.32 Å². The van der Waals surface area contributed by atoms with E-state index in [-0.39, 0.29) is 28.9 Å². The third kappa shape index (κ3) is 5.24. The number of hydrogen-bond donors (Lipinski definition) is 1. The maximum Gasteiger partial charge on any atom is 0.339 e. The Kier molecular flexibility index (Phi) is 6.66. The van der Waals surface area contributed by atoms with Gasteiger partial charge in [-0.15, -0.1) is 0 Å². The van der Waals surface area contributed by atoms with Crippen LogP contribution in [0, 0.1) is 5.92 Å². The molecule has 162 valence electrons. The monoisotopic (exact) mass is 447 g/mol. The van der Waals surface area contributed by atoms with Gasteiger partial charge in [0.25, 0.3) is 5.91 Å². The predicted molar refractivity (Wildman–Crippen MR) is 122 cm³/mol. The summed E-state index contributed by atoms with van der Waals surface area (Å²) in [4.78, 5) is 38.1. The number of halogens is 1. The summed E-state index contributed by atoms with van der Waals surface area (Å²) in [5, 5.41) is 3.49. The van der Waals surface area contributed by atoms with E-state index >= 15 is 0 Å². The van der Waals surface area contributed by atoms with Crippen molar-refractivity contribution in [3.05, 3.63) is 106 Å². The number of amides is 1.